The smallest absolute Gasteiger partial charge is 0.321 e. The SMILES string of the molecule is CCOC(=O)CN(CC(C)=O)S(=O)(=O)c1ccc(C)cc1. The van der Waals surface area contributed by atoms with E-state index in [1.165, 1.54) is 19.1 Å². The third-order valence-electron chi connectivity index (χ3n) is 2.67. The first kappa shape index (κ1) is 17.3. The Hall–Kier alpha value is -1.73. The number of nitrogens with zero attached hydrogens (tertiary/aromatic N) is 1. The molecule has 0 aliphatic rings. The van der Waals surface area contributed by atoms with Gasteiger partial charge in [0.05, 0.1) is 18.0 Å². The van der Waals surface area contributed by atoms with Crippen LogP contribution in [0.3, 0.4) is 0 Å². The number of ether oxygens (including phenoxy) is 1. The van der Waals surface area contributed by atoms with E-state index in [1.54, 1.807) is 19.1 Å². The van der Waals surface area contributed by atoms with Crippen molar-refractivity contribution >= 4 is 21.8 Å². The number of Topliss-reactive ketones (excluding diaryl/α,β-unsaturated/α-hetero) is 1. The van der Waals surface area contributed by atoms with Gasteiger partial charge in [-0.25, -0.2) is 8.42 Å². The lowest BCUT2D eigenvalue weighted by molar-refractivity contribution is -0.143. The molecule has 0 aromatic heterocycles. The first-order chi connectivity index (χ1) is 9.77. The number of ketones is 1. The monoisotopic (exact) mass is 313 g/mol. The number of sulfonamides is 1. The van der Waals surface area contributed by atoms with Crippen molar-refractivity contribution in [3.8, 4) is 0 Å². The number of carbonyl (C=O) groups excluding carboxylic acids is 2. The lowest BCUT2D eigenvalue weighted by atomic mass is 10.2. The zero-order valence-corrected chi connectivity index (χ0v) is 13.1. The van der Waals surface area contributed by atoms with Crippen LogP contribution >= 0.6 is 0 Å². The number of benzene rings is 1. The second kappa shape index (κ2) is 7.33. The number of rotatable bonds is 7. The van der Waals surface area contributed by atoms with Gasteiger partial charge in [-0.15, -0.1) is 0 Å². The molecule has 0 N–H and O–H groups in total. The van der Waals surface area contributed by atoms with Crippen LogP contribution in [0.2, 0.25) is 0 Å². The normalized spacial score (nSPS) is 11.4. The van der Waals surface area contributed by atoms with Crippen molar-refractivity contribution in [3.63, 3.8) is 0 Å². The summed E-state index contributed by atoms with van der Waals surface area (Å²) in [4.78, 5) is 22.8. The zero-order chi connectivity index (χ0) is 16.0. The van der Waals surface area contributed by atoms with Crippen LogP contribution in [0.25, 0.3) is 0 Å². The van der Waals surface area contributed by atoms with E-state index in [-0.39, 0.29) is 23.8 Å². The molecule has 7 heteroatoms. The lowest BCUT2D eigenvalue weighted by Gasteiger charge is -2.20. The van der Waals surface area contributed by atoms with Crippen molar-refractivity contribution in [3.05, 3.63) is 29.8 Å². The fraction of sp³-hybridized carbons (Fsp3) is 0.429. The van der Waals surface area contributed by atoms with Crippen molar-refractivity contribution in [2.75, 3.05) is 19.7 Å². The quantitative estimate of drug-likeness (QED) is 0.705. The Balaban J connectivity index is 3.08. The van der Waals surface area contributed by atoms with E-state index in [0.717, 1.165) is 9.87 Å². The van der Waals surface area contributed by atoms with Crippen LogP contribution in [-0.4, -0.2) is 44.2 Å². The highest BCUT2D eigenvalue weighted by molar-refractivity contribution is 7.89. The molecule has 0 atom stereocenters. The molecule has 1 aromatic rings. The van der Waals surface area contributed by atoms with Gasteiger partial charge in [-0.1, -0.05) is 17.7 Å². The molecule has 0 bridgehead atoms. The molecular formula is C14H19NO5S. The molecule has 0 aliphatic carbocycles. The molecular weight excluding hydrogens is 294 g/mol. The van der Waals surface area contributed by atoms with Gasteiger partial charge >= 0.3 is 5.97 Å². The Kier molecular flexibility index (Phi) is 6.04. The Bertz CT molecular complexity index is 607. The van der Waals surface area contributed by atoms with Gasteiger partial charge in [0.15, 0.2) is 0 Å². The van der Waals surface area contributed by atoms with E-state index >= 15 is 0 Å². The van der Waals surface area contributed by atoms with Crippen molar-refractivity contribution in [1.29, 1.82) is 0 Å². The molecule has 0 heterocycles. The highest BCUT2D eigenvalue weighted by Gasteiger charge is 2.28. The molecule has 0 saturated carbocycles. The van der Waals surface area contributed by atoms with Crippen LogP contribution in [0.1, 0.15) is 19.4 Å². The summed E-state index contributed by atoms with van der Waals surface area (Å²) in [6, 6.07) is 6.21. The maximum Gasteiger partial charge on any atom is 0.321 e. The molecule has 0 saturated heterocycles. The molecule has 0 amide bonds. The molecule has 0 aliphatic heterocycles. The highest BCUT2D eigenvalue weighted by atomic mass is 32.2. The third-order valence-corrected chi connectivity index (χ3v) is 4.47. The third kappa shape index (κ3) is 4.95. The summed E-state index contributed by atoms with van der Waals surface area (Å²) in [5, 5.41) is 0. The van der Waals surface area contributed by atoms with Crippen LogP contribution in [-0.2, 0) is 24.3 Å². The number of aryl methyl sites for hydroxylation is 1. The van der Waals surface area contributed by atoms with Crippen molar-refractivity contribution in [2.45, 2.75) is 25.7 Å². The predicted molar refractivity (Wildman–Crippen MR) is 77.3 cm³/mol. The molecule has 116 valence electrons. The van der Waals surface area contributed by atoms with Crippen LogP contribution in [0.4, 0.5) is 0 Å². The standard InChI is InChI=1S/C14H19NO5S/c1-4-20-14(17)10-15(9-12(3)16)21(18,19)13-7-5-11(2)6-8-13/h5-8H,4,9-10H2,1-3H3. The van der Waals surface area contributed by atoms with E-state index in [4.69, 9.17) is 4.74 Å². The van der Waals surface area contributed by atoms with Gasteiger partial charge < -0.3 is 4.74 Å². The first-order valence-corrected chi connectivity index (χ1v) is 7.93. The predicted octanol–water partition coefficient (Wildman–Crippen LogP) is 1.14. The van der Waals surface area contributed by atoms with Gasteiger partial charge in [-0.05, 0) is 32.9 Å². The van der Waals surface area contributed by atoms with Crippen molar-refractivity contribution < 1.29 is 22.7 Å². The molecule has 6 nitrogen and oxygen atoms in total. The van der Waals surface area contributed by atoms with Gasteiger partial charge in [0.1, 0.15) is 12.3 Å². The summed E-state index contributed by atoms with van der Waals surface area (Å²) in [7, 11) is -3.91. The van der Waals surface area contributed by atoms with Crippen LogP contribution < -0.4 is 0 Å². The molecule has 0 radical (unpaired) electrons. The van der Waals surface area contributed by atoms with Gasteiger partial charge in [0.25, 0.3) is 0 Å². The van der Waals surface area contributed by atoms with E-state index in [0.29, 0.717) is 0 Å². The number of hydrogen-bond donors (Lipinski definition) is 0. The lowest BCUT2D eigenvalue weighted by Crippen LogP contribution is -2.39. The van der Waals surface area contributed by atoms with E-state index in [1.807, 2.05) is 6.92 Å². The Morgan fingerprint density at radius 3 is 2.19 bits per heavy atom. The molecule has 21 heavy (non-hydrogen) atoms. The average molecular weight is 313 g/mol. The summed E-state index contributed by atoms with van der Waals surface area (Å²) in [5.74, 6) is -1.04. The summed E-state index contributed by atoms with van der Waals surface area (Å²) >= 11 is 0. The largest absolute Gasteiger partial charge is 0.465 e. The summed E-state index contributed by atoms with van der Waals surface area (Å²) in [6.07, 6.45) is 0. The minimum atomic E-state index is -3.91. The van der Waals surface area contributed by atoms with E-state index in [9.17, 15) is 18.0 Å². The highest BCUT2D eigenvalue weighted by Crippen LogP contribution is 2.16. The number of esters is 1. The zero-order valence-electron chi connectivity index (χ0n) is 12.3. The summed E-state index contributed by atoms with van der Waals surface area (Å²) in [5.41, 5.74) is 0.914. The van der Waals surface area contributed by atoms with Gasteiger partial charge in [-0.2, -0.15) is 4.31 Å². The Morgan fingerprint density at radius 2 is 1.71 bits per heavy atom. The van der Waals surface area contributed by atoms with Crippen LogP contribution in [0.5, 0.6) is 0 Å². The molecule has 0 unspecified atom stereocenters. The van der Waals surface area contributed by atoms with E-state index in [2.05, 4.69) is 0 Å². The molecule has 0 spiro atoms. The average Bonchev–Trinajstić information content (AvgIpc) is 2.38. The molecule has 0 fully saturated rings. The van der Waals surface area contributed by atoms with Gasteiger partial charge in [0.2, 0.25) is 10.0 Å². The fourth-order valence-corrected chi connectivity index (χ4v) is 3.09. The number of hydrogen-bond acceptors (Lipinski definition) is 5. The topological polar surface area (TPSA) is 80.8 Å². The Labute approximate surface area is 124 Å². The molecule has 1 rings (SSSR count). The molecule has 1 aromatic carbocycles. The maximum absolute atomic E-state index is 12.5. The van der Waals surface area contributed by atoms with Crippen LogP contribution in [0, 0.1) is 6.92 Å². The Morgan fingerprint density at radius 1 is 1.14 bits per heavy atom. The fourth-order valence-electron chi connectivity index (χ4n) is 1.68. The van der Waals surface area contributed by atoms with Crippen LogP contribution in [0.15, 0.2) is 29.2 Å². The van der Waals surface area contributed by atoms with Gasteiger partial charge in [-0.3, -0.25) is 9.59 Å². The summed E-state index contributed by atoms with van der Waals surface area (Å²) in [6.45, 7) is 4.03. The maximum atomic E-state index is 12.5. The number of carbonyl (C=O) groups is 2. The second-order valence-corrected chi connectivity index (χ2v) is 6.53. The van der Waals surface area contributed by atoms with E-state index < -0.39 is 22.5 Å². The van der Waals surface area contributed by atoms with Crippen molar-refractivity contribution in [2.24, 2.45) is 0 Å². The minimum Gasteiger partial charge on any atom is -0.465 e. The minimum absolute atomic E-state index is 0.0404. The second-order valence-electron chi connectivity index (χ2n) is 4.59. The van der Waals surface area contributed by atoms with Crippen molar-refractivity contribution in [1.82, 2.24) is 4.31 Å². The summed E-state index contributed by atoms with van der Waals surface area (Å²) < 4.78 is 30.5. The van der Waals surface area contributed by atoms with Gasteiger partial charge in [0, 0.05) is 0 Å². The first-order valence-electron chi connectivity index (χ1n) is 6.49.